The van der Waals surface area contributed by atoms with Crippen LogP contribution in [0.15, 0.2) is 36.5 Å². The number of ether oxygens (including phenoxy) is 1. The molecule has 0 aliphatic carbocycles. The van der Waals surface area contributed by atoms with Crippen molar-refractivity contribution >= 4 is 11.6 Å². The SMILES string of the molecule is COc1ccc(Cc2c[nH]c(CC(=O)C(=O)c3nn[nH]n3)c2)cc1. The van der Waals surface area contributed by atoms with E-state index in [1.165, 1.54) is 0 Å². The third kappa shape index (κ3) is 3.54. The van der Waals surface area contributed by atoms with Crippen molar-refractivity contribution in [2.45, 2.75) is 12.8 Å². The molecule has 0 aliphatic heterocycles. The number of Topliss-reactive ketones (excluding diaryl/α,β-unsaturated/α-hetero) is 2. The molecule has 0 saturated carbocycles. The Kier molecular flexibility index (Phi) is 4.46. The molecule has 0 atom stereocenters. The zero-order valence-corrected chi connectivity index (χ0v) is 12.9. The van der Waals surface area contributed by atoms with Crippen LogP contribution in [0, 0.1) is 0 Å². The lowest BCUT2D eigenvalue weighted by Gasteiger charge is -2.01. The van der Waals surface area contributed by atoms with E-state index in [2.05, 4.69) is 25.6 Å². The number of aromatic amines is 2. The van der Waals surface area contributed by atoms with E-state index in [0.717, 1.165) is 16.9 Å². The minimum atomic E-state index is -0.755. The third-order valence-corrected chi connectivity index (χ3v) is 3.52. The fraction of sp³-hybridized carbons (Fsp3) is 0.188. The molecule has 0 unspecified atom stereocenters. The quantitative estimate of drug-likeness (QED) is 0.497. The number of carbonyl (C=O) groups is 2. The average molecular weight is 325 g/mol. The Bertz CT molecular complexity index is 837. The number of nitrogens with one attached hydrogen (secondary N) is 2. The Balaban J connectivity index is 1.62. The number of tetrazole rings is 1. The van der Waals surface area contributed by atoms with Crippen LogP contribution >= 0.6 is 0 Å². The number of methoxy groups -OCH3 is 1. The van der Waals surface area contributed by atoms with Crippen molar-refractivity contribution < 1.29 is 14.3 Å². The summed E-state index contributed by atoms with van der Waals surface area (Å²) in [5.41, 5.74) is 2.81. The molecule has 0 saturated heterocycles. The minimum Gasteiger partial charge on any atom is -0.497 e. The lowest BCUT2D eigenvalue weighted by atomic mass is 10.1. The Labute approximate surface area is 137 Å². The summed E-state index contributed by atoms with van der Waals surface area (Å²) in [5.74, 6) is -0.756. The van der Waals surface area contributed by atoms with Crippen molar-refractivity contribution in [1.82, 2.24) is 25.6 Å². The standard InChI is InChI=1S/C16H15N5O3/c1-24-13-4-2-10(3-5-13)6-11-7-12(17-9-11)8-14(22)15(23)16-18-20-21-19-16/h2-5,7,9,17H,6,8H2,1H3,(H,18,19,20,21). The second-order valence-electron chi connectivity index (χ2n) is 5.22. The molecule has 8 heteroatoms. The lowest BCUT2D eigenvalue weighted by Crippen LogP contribution is -2.18. The summed E-state index contributed by atoms with van der Waals surface area (Å²) in [5, 5.41) is 12.5. The molecule has 122 valence electrons. The zero-order valence-electron chi connectivity index (χ0n) is 12.9. The molecular formula is C16H15N5O3. The van der Waals surface area contributed by atoms with Crippen LogP contribution in [-0.2, 0) is 17.6 Å². The van der Waals surface area contributed by atoms with E-state index in [9.17, 15) is 9.59 Å². The van der Waals surface area contributed by atoms with Gasteiger partial charge in [-0.2, -0.15) is 5.21 Å². The van der Waals surface area contributed by atoms with Crippen LogP contribution in [0.4, 0.5) is 0 Å². The molecule has 1 aromatic carbocycles. The summed E-state index contributed by atoms with van der Waals surface area (Å²) in [6.07, 6.45) is 2.51. The summed E-state index contributed by atoms with van der Waals surface area (Å²) in [4.78, 5) is 26.8. The molecule has 3 aromatic rings. The van der Waals surface area contributed by atoms with E-state index in [0.29, 0.717) is 12.1 Å². The maximum absolute atomic E-state index is 11.9. The largest absolute Gasteiger partial charge is 0.497 e. The highest BCUT2D eigenvalue weighted by Crippen LogP contribution is 2.16. The van der Waals surface area contributed by atoms with Crippen LogP contribution in [0.3, 0.4) is 0 Å². The lowest BCUT2D eigenvalue weighted by molar-refractivity contribution is -0.114. The van der Waals surface area contributed by atoms with Crippen LogP contribution in [-0.4, -0.2) is 44.3 Å². The van der Waals surface area contributed by atoms with Crippen LogP contribution in [0.25, 0.3) is 0 Å². The van der Waals surface area contributed by atoms with Gasteiger partial charge in [-0.25, -0.2) is 0 Å². The zero-order chi connectivity index (χ0) is 16.9. The Morgan fingerprint density at radius 3 is 2.62 bits per heavy atom. The van der Waals surface area contributed by atoms with Crippen LogP contribution in [0.5, 0.6) is 5.75 Å². The van der Waals surface area contributed by atoms with Crippen molar-refractivity contribution in [2.24, 2.45) is 0 Å². The molecule has 24 heavy (non-hydrogen) atoms. The summed E-state index contributed by atoms with van der Waals surface area (Å²) >= 11 is 0. The first-order valence-electron chi connectivity index (χ1n) is 7.26. The van der Waals surface area contributed by atoms with Gasteiger partial charge in [-0.3, -0.25) is 9.59 Å². The van der Waals surface area contributed by atoms with Crippen molar-refractivity contribution in [3.8, 4) is 5.75 Å². The van der Waals surface area contributed by atoms with Gasteiger partial charge in [0.15, 0.2) is 0 Å². The summed E-state index contributed by atoms with van der Waals surface area (Å²) in [7, 11) is 1.63. The molecule has 2 heterocycles. The first-order chi connectivity index (χ1) is 11.7. The number of carbonyl (C=O) groups excluding carboxylic acids is 2. The van der Waals surface area contributed by atoms with Crippen LogP contribution in [0.1, 0.15) is 27.4 Å². The molecule has 2 N–H and O–H groups in total. The smallest absolute Gasteiger partial charge is 0.269 e. The number of hydrogen-bond donors (Lipinski definition) is 2. The van der Waals surface area contributed by atoms with Gasteiger partial charge in [0.25, 0.3) is 5.78 Å². The van der Waals surface area contributed by atoms with Gasteiger partial charge in [0.05, 0.1) is 13.5 Å². The van der Waals surface area contributed by atoms with E-state index in [1.54, 1.807) is 7.11 Å². The van der Waals surface area contributed by atoms with Gasteiger partial charge in [-0.05, 0) is 41.0 Å². The van der Waals surface area contributed by atoms with E-state index in [4.69, 9.17) is 4.74 Å². The third-order valence-electron chi connectivity index (χ3n) is 3.52. The minimum absolute atomic E-state index is 0.0318. The summed E-state index contributed by atoms with van der Waals surface area (Å²) in [6, 6.07) is 9.63. The maximum Gasteiger partial charge on any atom is 0.269 e. The monoisotopic (exact) mass is 325 g/mol. The molecule has 0 fully saturated rings. The van der Waals surface area contributed by atoms with Crippen molar-refractivity contribution in [3.05, 3.63) is 59.2 Å². The summed E-state index contributed by atoms with van der Waals surface area (Å²) < 4.78 is 5.13. The van der Waals surface area contributed by atoms with Crippen molar-refractivity contribution in [3.63, 3.8) is 0 Å². The average Bonchev–Trinajstić information content (AvgIpc) is 3.27. The van der Waals surface area contributed by atoms with Gasteiger partial charge < -0.3 is 9.72 Å². The maximum atomic E-state index is 11.9. The topological polar surface area (TPSA) is 114 Å². The van der Waals surface area contributed by atoms with Gasteiger partial charge in [0, 0.05) is 11.9 Å². The number of nitrogens with zero attached hydrogens (tertiary/aromatic N) is 3. The molecule has 0 bridgehead atoms. The number of ketones is 2. The van der Waals surface area contributed by atoms with E-state index in [-0.39, 0.29) is 12.2 Å². The highest BCUT2D eigenvalue weighted by molar-refractivity contribution is 6.42. The molecule has 0 spiro atoms. The molecular weight excluding hydrogens is 310 g/mol. The Morgan fingerprint density at radius 1 is 1.17 bits per heavy atom. The van der Waals surface area contributed by atoms with Gasteiger partial charge in [-0.15, -0.1) is 10.2 Å². The van der Waals surface area contributed by atoms with Gasteiger partial charge in [0.1, 0.15) is 5.75 Å². The Morgan fingerprint density at radius 2 is 1.96 bits per heavy atom. The number of benzene rings is 1. The second-order valence-corrected chi connectivity index (χ2v) is 5.22. The second kappa shape index (κ2) is 6.86. The van der Waals surface area contributed by atoms with E-state index >= 15 is 0 Å². The number of H-pyrrole nitrogens is 2. The highest BCUT2D eigenvalue weighted by Gasteiger charge is 2.21. The molecule has 0 amide bonds. The first-order valence-corrected chi connectivity index (χ1v) is 7.26. The molecule has 2 aromatic heterocycles. The number of rotatable bonds is 7. The van der Waals surface area contributed by atoms with E-state index < -0.39 is 11.6 Å². The van der Waals surface area contributed by atoms with Crippen molar-refractivity contribution in [2.75, 3.05) is 7.11 Å². The first kappa shape index (κ1) is 15.6. The highest BCUT2D eigenvalue weighted by atomic mass is 16.5. The normalized spacial score (nSPS) is 10.5. The summed E-state index contributed by atoms with van der Waals surface area (Å²) in [6.45, 7) is 0. The molecule has 0 radical (unpaired) electrons. The van der Waals surface area contributed by atoms with Crippen LogP contribution < -0.4 is 4.74 Å². The van der Waals surface area contributed by atoms with Crippen molar-refractivity contribution in [1.29, 1.82) is 0 Å². The molecule has 8 nitrogen and oxygen atoms in total. The predicted molar refractivity (Wildman–Crippen MR) is 83.8 cm³/mol. The van der Waals surface area contributed by atoms with Gasteiger partial charge in [0.2, 0.25) is 11.6 Å². The van der Waals surface area contributed by atoms with Gasteiger partial charge >= 0.3 is 0 Å². The Hall–Kier alpha value is -3.29. The van der Waals surface area contributed by atoms with Gasteiger partial charge in [-0.1, -0.05) is 12.1 Å². The number of aromatic nitrogens is 5. The predicted octanol–water partition coefficient (Wildman–Crippen LogP) is 1.12. The molecule has 0 aliphatic rings. The fourth-order valence-corrected chi connectivity index (χ4v) is 2.31. The van der Waals surface area contributed by atoms with Crippen LogP contribution in [0.2, 0.25) is 0 Å². The number of hydrogen-bond acceptors (Lipinski definition) is 6. The van der Waals surface area contributed by atoms with E-state index in [1.807, 2.05) is 36.5 Å². The fourth-order valence-electron chi connectivity index (χ4n) is 2.31. The molecule has 3 rings (SSSR count).